The lowest BCUT2D eigenvalue weighted by molar-refractivity contribution is -0.137. The van der Waals surface area contributed by atoms with Crippen LogP contribution in [0.3, 0.4) is 0 Å². The van der Waals surface area contributed by atoms with Crippen molar-refractivity contribution in [2.75, 3.05) is 6.61 Å². The van der Waals surface area contributed by atoms with Gasteiger partial charge in [-0.05, 0) is 43.2 Å². The van der Waals surface area contributed by atoms with Crippen molar-refractivity contribution >= 4 is 40.9 Å². The minimum Gasteiger partial charge on any atom is -0.463 e. The number of hydrogen-bond acceptors (Lipinski definition) is 3. The van der Waals surface area contributed by atoms with Crippen molar-refractivity contribution in [2.45, 2.75) is 23.1 Å². The van der Waals surface area contributed by atoms with Crippen molar-refractivity contribution in [1.82, 2.24) is 0 Å². The number of benzene rings is 2. The number of carbonyl (C=O) groups is 1. The second kappa shape index (κ2) is 9.02. The Morgan fingerprint density at radius 1 is 1.13 bits per heavy atom. The number of allylic oxidation sites excluding steroid dienone is 1. The van der Waals surface area contributed by atoms with Crippen LogP contribution in [0, 0.1) is 0 Å². The standard InChI is InChI=1S/C18H16Cl2O2S/c1-2-22-18(21)9-5-6-13-10-11-17(15(20)12-13)23-16-8-4-3-7-14(16)19/h3-5,7-12H,2,6H2,1H3/b9-5+. The van der Waals surface area contributed by atoms with E-state index in [9.17, 15) is 4.79 Å². The van der Waals surface area contributed by atoms with Crippen LogP contribution in [-0.4, -0.2) is 12.6 Å². The van der Waals surface area contributed by atoms with Gasteiger partial charge in [0.15, 0.2) is 0 Å². The van der Waals surface area contributed by atoms with E-state index in [0.717, 1.165) is 15.4 Å². The van der Waals surface area contributed by atoms with Gasteiger partial charge in [-0.1, -0.05) is 59.2 Å². The van der Waals surface area contributed by atoms with Crippen molar-refractivity contribution in [3.8, 4) is 0 Å². The zero-order chi connectivity index (χ0) is 16.7. The average Bonchev–Trinajstić information content (AvgIpc) is 2.52. The molecule has 2 rings (SSSR count). The first-order valence-corrected chi connectivity index (χ1v) is 8.71. The Kier molecular flexibility index (Phi) is 7.03. The molecule has 2 aromatic rings. The maximum Gasteiger partial charge on any atom is 0.330 e. The third-order valence-electron chi connectivity index (χ3n) is 2.95. The Morgan fingerprint density at radius 2 is 1.87 bits per heavy atom. The van der Waals surface area contributed by atoms with E-state index in [2.05, 4.69) is 0 Å². The van der Waals surface area contributed by atoms with Gasteiger partial charge >= 0.3 is 5.97 Å². The summed E-state index contributed by atoms with van der Waals surface area (Å²) in [4.78, 5) is 13.1. The van der Waals surface area contributed by atoms with Gasteiger partial charge in [-0.2, -0.15) is 0 Å². The Morgan fingerprint density at radius 3 is 2.57 bits per heavy atom. The van der Waals surface area contributed by atoms with Gasteiger partial charge in [0.2, 0.25) is 0 Å². The molecule has 0 unspecified atom stereocenters. The maximum absolute atomic E-state index is 11.2. The monoisotopic (exact) mass is 366 g/mol. The zero-order valence-electron chi connectivity index (χ0n) is 12.6. The van der Waals surface area contributed by atoms with Crippen molar-refractivity contribution < 1.29 is 9.53 Å². The molecule has 0 amide bonds. The molecule has 0 aliphatic rings. The summed E-state index contributed by atoms with van der Waals surface area (Å²) in [6.45, 7) is 2.16. The summed E-state index contributed by atoms with van der Waals surface area (Å²) >= 11 is 14.0. The second-order valence-corrected chi connectivity index (χ2v) is 6.55. The van der Waals surface area contributed by atoms with Gasteiger partial charge < -0.3 is 4.74 Å². The third-order valence-corrected chi connectivity index (χ3v) is 4.97. The van der Waals surface area contributed by atoms with E-state index in [4.69, 9.17) is 27.9 Å². The fourth-order valence-corrected chi connectivity index (χ4v) is 3.29. The molecule has 0 bridgehead atoms. The van der Waals surface area contributed by atoms with Gasteiger partial charge in [0.05, 0.1) is 16.7 Å². The number of esters is 1. The molecule has 0 heterocycles. The average molecular weight is 367 g/mol. The second-order valence-electron chi connectivity index (χ2n) is 4.66. The molecule has 0 atom stereocenters. The molecule has 0 N–H and O–H groups in total. The quantitative estimate of drug-likeness (QED) is 0.476. The van der Waals surface area contributed by atoms with Crippen LogP contribution >= 0.6 is 35.0 Å². The molecule has 2 nitrogen and oxygen atoms in total. The summed E-state index contributed by atoms with van der Waals surface area (Å²) in [6, 6.07) is 13.5. The molecule has 0 saturated carbocycles. The van der Waals surface area contributed by atoms with Crippen molar-refractivity contribution in [3.63, 3.8) is 0 Å². The lowest BCUT2D eigenvalue weighted by Crippen LogP contribution is -1.99. The molecule has 0 aliphatic heterocycles. The molecule has 2 aromatic carbocycles. The Bertz CT molecular complexity index is 714. The summed E-state index contributed by atoms with van der Waals surface area (Å²) in [7, 11) is 0. The van der Waals surface area contributed by atoms with E-state index >= 15 is 0 Å². The molecular weight excluding hydrogens is 351 g/mol. The highest BCUT2D eigenvalue weighted by Crippen LogP contribution is 2.37. The molecular formula is C18H16Cl2O2S. The summed E-state index contributed by atoms with van der Waals surface area (Å²) in [5.74, 6) is -0.329. The van der Waals surface area contributed by atoms with Crippen LogP contribution in [0.25, 0.3) is 0 Å². The molecule has 0 radical (unpaired) electrons. The Labute approximate surface area is 150 Å². The lowest BCUT2D eigenvalue weighted by atomic mass is 10.1. The van der Waals surface area contributed by atoms with E-state index in [1.807, 2.05) is 42.5 Å². The van der Waals surface area contributed by atoms with Crippen LogP contribution in [0.1, 0.15) is 12.5 Å². The SMILES string of the molecule is CCOC(=O)/C=C/Cc1ccc(Sc2ccccc2Cl)c(Cl)c1. The van der Waals surface area contributed by atoms with Crippen LogP contribution in [0.15, 0.2) is 64.4 Å². The molecule has 0 spiro atoms. The zero-order valence-corrected chi connectivity index (χ0v) is 14.9. The first-order chi connectivity index (χ1) is 11.1. The highest BCUT2D eigenvalue weighted by Gasteiger charge is 2.06. The van der Waals surface area contributed by atoms with E-state index in [1.165, 1.54) is 17.8 Å². The molecule has 0 aromatic heterocycles. The van der Waals surface area contributed by atoms with Gasteiger partial charge in [-0.15, -0.1) is 0 Å². The number of rotatable bonds is 6. The van der Waals surface area contributed by atoms with Crippen molar-refractivity contribution in [2.24, 2.45) is 0 Å². The summed E-state index contributed by atoms with van der Waals surface area (Å²) in [5.41, 5.74) is 1.03. The smallest absolute Gasteiger partial charge is 0.330 e. The Hall–Kier alpha value is -1.42. The summed E-state index contributed by atoms with van der Waals surface area (Å²) in [5, 5.41) is 1.37. The first-order valence-electron chi connectivity index (χ1n) is 7.14. The fourth-order valence-electron chi connectivity index (χ4n) is 1.88. The van der Waals surface area contributed by atoms with E-state index < -0.39 is 0 Å². The van der Waals surface area contributed by atoms with Crippen LogP contribution in [0.2, 0.25) is 10.0 Å². The maximum atomic E-state index is 11.2. The van der Waals surface area contributed by atoms with E-state index in [1.54, 1.807) is 13.0 Å². The molecule has 5 heteroatoms. The number of halogens is 2. The molecule has 0 fully saturated rings. The van der Waals surface area contributed by atoms with Crippen molar-refractivity contribution in [1.29, 1.82) is 0 Å². The van der Waals surface area contributed by atoms with Crippen LogP contribution < -0.4 is 0 Å². The van der Waals surface area contributed by atoms with Gasteiger partial charge in [-0.25, -0.2) is 4.79 Å². The van der Waals surface area contributed by atoms with Gasteiger partial charge in [-0.3, -0.25) is 0 Å². The minimum atomic E-state index is -0.329. The molecule has 120 valence electrons. The van der Waals surface area contributed by atoms with Crippen LogP contribution in [0.4, 0.5) is 0 Å². The lowest BCUT2D eigenvalue weighted by Gasteiger charge is -2.07. The highest BCUT2D eigenvalue weighted by molar-refractivity contribution is 7.99. The van der Waals surface area contributed by atoms with E-state index in [-0.39, 0.29) is 5.97 Å². The number of carbonyl (C=O) groups excluding carboxylic acids is 1. The van der Waals surface area contributed by atoms with Crippen LogP contribution in [0.5, 0.6) is 0 Å². The molecule has 0 saturated heterocycles. The third kappa shape index (κ3) is 5.61. The van der Waals surface area contributed by atoms with Gasteiger partial charge in [0, 0.05) is 15.9 Å². The normalized spacial score (nSPS) is 10.9. The largest absolute Gasteiger partial charge is 0.463 e. The number of hydrogen-bond donors (Lipinski definition) is 0. The topological polar surface area (TPSA) is 26.3 Å². The van der Waals surface area contributed by atoms with Crippen molar-refractivity contribution in [3.05, 3.63) is 70.2 Å². The Balaban J connectivity index is 2.03. The fraction of sp³-hybridized carbons (Fsp3) is 0.167. The first kappa shape index (κ1) is 17.9. The predicted molar refractivity (Wildman–Crippen MR) is 96.5 cm³/mol. The van der Waals surface area contributed by atoms with Gasteiger partial charge in [0.1, 0.15) is 0 Å². The van der Waals surface area contributed by atoms with Gasteiger partial charge in [0.25, 0.3) is 0 Å². The highest BCUT2D eigenvalue weighted by atomic mass is 35.5. The molecule has 0 aliphatic carbocycles. The number of ether oxygens (including phenoxy) is 1. The predicted octanol–water partition coefficient (Wildman–Crippen LogP) is 5.81. The molecule has 23 heavy (non-hydrogen) atoms. The van der Waals surface area contributed by atoms with E-state index in [0.29, 0.717) is 23.1 Å². The summed E-state index contributed by atoms with van der Waals surface area (Å²) < 4.78 is 4.83. The van der Waals surface area contributed by atoms with Crippen LogP contribution in [-0.2, 0) is 16.0 Å². The minimum absolute atomic E-state index is 0.329. The summed E-state index contributed by atoms with van der Waals surface area (Å²) in [6.07, 6.45) is 3.82.